The summed E-state index contributed by atoms with van der Waals surface area (Å²) >= 11 is 6.01. The molecule has 2 aromatic carbocycles. The minimum Gasteiger partial charge on any atom is -0.493 e. The Morgan fingerprint density at radius 3 is 2.14 bits per heavy atom. The number of ether oxygens (including phenoxy) is 2. The fourth-order valence-corrected chi connectivity index (χ4v) is 3.33. The zero-order valence-electron chi connectivity index (χ0n) is 21.9. The molecule has 4 aromatic rings. The zero-order valence-corrected chi connectivity index (χ0v) is 22.6. The minimum absolute atomic E-state index is 0.214. The SMILES string of the molecule is C=C(C)C.C=CC=C.COc1cc2c(=O)c(-c3noc(C)n3)cn(Cc3ccc(Cl)cc3)c2cc1OC. The number of methoxy groups -OCH3 is 2. The van der Waals surface area contributed by atoms with Gasteiger partial charge in [-0.05, 0) is 37.6 Å². The van der Waals surface area contributed by atoms with Crippen LogP contribution in [-0.4, -0.2) is 28.9 Å². The molecule has 2 heterocycles. The fraction of sp³-hybridized carbons (Fsp3) is 0.207. The van der Waals surface area contributed by atoms with Gasteiger partial charge in [0.2, 0.25) is 17.1 Å². The van der Waals surface area contributed by atoms with Crippen LogP contribution in [0.5, 0.6) is 11.5 Å². The number of allylic oxidation sites excluding steroid dienone is 3. The van der Waals surface area contributed by atoms with E-state index in [2.05, 4.69) is 29.9 Å². The maximum atomic E-state index is 13.2. The molecule has 37 heavy (non-hydrogen) atoms. The Balaban J connectivity index is 0.000000530. The number of pyridine rings is 1. The molecule has 0 spiro atoms. The summed E-state index contributed by atoms with van der Waals surface area (Å²) in [6, 6.07) is 11.0. The third-order valence-corrected chi connectivity index (χ3v) is 5.04. The summed E-state index contributed by atoms with van der Waals surface area (Å²) in [5.74, 6) is 1.63. The van der Waals surface area contributed by atoms with Crippen molar-refractivity contribution in [1.29, 1.82) is 0 Å². The van der Waals surface area contributed by atoms with Crippen molar-refractivity contribution in [3.63, 3.8) is 0 Å². The van der Waals surface area contributed by atoms with E-state index in [0.717, 1.165) is 5.56 Å². The Morgan fingerprint density at radius 2 is 1.65 bits per heavy atom. The maximum absolute atomic E-state index is 13.2. The third-order valence-electron chi connectivity index (χ3n) is 4.79. The number of hydrogen-bond acceptors (Lipinski definition) is 6. The number of nitrogens with zero attached hydrogens (tertiary/aromatic N) is 3. The molecule has 8 heteroatoms. The van der Waals surface area contributed by atoms with Crippen LogP contribution in [0.15, 0.2) is 89.4 Å². The van der Waals surface area contributed by atoms with Gasteiger partial charge in [0.05, 0.1) is 30.7 Å². The maximum Gasteiger partial charge on any atom is 0.223 e. The van der Waals surface area contributed by atoms with E-state index < -0.39 is 0 Å². The summed E-state index contributed by atoms with van der Waals surface area (Å²) < 4.78 is 17.8. The molecule has 0 radical (unpaired) electrons. The van der Waals surface area contributed by atoms with E-state index in [-0.39, 0.29) is 11.3 Å². The van der Waals surface area contributed by atoms with Gasteiger partial charge in [-0.1, -0.05) is 59.8 Å². The zero-order chi connectivity index (χ0) is 27.5. The molecule has 0 N–H and O–H groups in total. The second-order valence-corrected chi connectivity index (χ2v) is 8.60. The van der Waals surface area contributed by atoms with Crippen LogP contribution in [0.25, 0.3) is 22.3 Å². The molecule has 0 amide bonds. The average Bonchev–Trinajstić information content (AvgIpc) is 3.31. The van der Waals surface area contributed by atoms with Crippen molar-refractivity contribution >= 4 is 22.5 Å². The quantitative estimate of drug-likeness (QED) is 0.200. The van der Waals surface area contributed by atoms with Gasteiger partial charge in [0.25, 0.3) is 0 Å². The second kappa shape index (κ2) is 13.8. The first-order valence-corrected chi connectivity index (χ1v) is 11.7. The predicted octanol–water partition coefficient (Wildman–Crippen LogP) is 7.02. The van der Waals surface area contributed by atoms with Crippen LogP contribution in [0.3, 0.4) is 0 Å². The molecule has 0 fully saturated rings. The summed E-state index contributed by atoms with van der Waals surface area (Å²) in [7, 11) is 3.09. The molecule has 0 unspecified atom stereocenters. The van der Waals surface area contributed by atoms with Crippen molar-refractivity contribution in [2.45, 2.75) is 27.3 Å². The summed E-state index contributed by atoms with van der Waals surface area (Å²) in [5, 5.41) is 5.05. The van der Waals surface area contributed by atoms with Crippen LogP contribution < -0.4 is 14.9 Å². The molecular weight excluding hydrogens is 490 g/mol. The van der Waals surface area contributed by atoms with Gasteiger partial charge in [0.15, 0.2) is 11.5 Å². The van der Waals surface area contributed by atoms with Crippen molar-refractivity contribution in [2.75, 3.05) is 14.2 Å². The number of fused-ring (bicyclic) bond motifs is 1. The van der Waals surface area contributed by atoms with Gasteiger partial charge in [-0.15, -0.1) is 6.58 Å². The van der Waals surface area contributed by atoms with Crippen molar-refractivity contribution in [3.05, 3.63) is 107 Å². The van der Waals surface area contributed by atoms with Crippen molar-refractivity contribution in [2.24, 2.45) is 0 Å². The highest BCUT2D eigenvalue weighted by Crippen LogP contribution is 2.32. The first-order valence-electron chi connectivity index (χ1n) is 11.3. The van der Waals surface area contributed by atoms with E-state index in [0.29, 0.717) is 45.4 Å². The highest BCUT2D eigenvalue weighted by Gasteiger charge is 2.18. The number of benzene rings is 2. The van der Waals surface area contributed by atoms with Crippen LogP contribution in [0.2, 0.25) is 5.02 Å². The monoisotopic (exact) mass is 521 g/mol. The lowest BCUT2D eigenvalue weighted by molar-refractivity contribution is 0.355. The first-order chi connectivity index (χ1) is 17.6. The van der Waals surface area contributed by atoms with E-state index in [1.165, 1.54) is 12.7 Å². The lowest BCUT2D eigenvalue weighted by Gasteiger charge is -2.15. The second-order valence-electron chi connectivity index (χ2n) is 8.17. The molecule has 0 aliphatic rings. The smallest absolute Gasteiger partial charge is 0.223 e. The Morgan fingerprint density at radius 1 is 1.08 bits per heavy atom. The van der Waals surface area contributed by atoms with Gasteiger partial charge >= 0.3 is 0 Å². The molecule has 0 aliphatic carbocycles. The van der Waals surface area contributed by atoms with Crippen LogP contribution in [0.1, 0.15) is 25.3 Å². The topological polar surface area (TPSA) is 79.4 Å². The highest BCUT2D eigenvalue weighted by molar-refractivity contribution is 6.30. The van der Waals surface area contributed by atoms with E-state index in [4.69, 9.17) is 25.6 Å². The Bertz CT molecular complexity index is 1430. The molecule has 0 aliphatic heterocycles. The summed E-state index contributed by atoms with van der Waals surface area (Å²) in [6.45, 7) is 16.4. The van der Waals surface area contributed by atoms with E-state index in [1.807, 2.05) is 42.7 Å². The highest BCUT2D eigenvalue weighted by atomic mass is 35.5. The minimum atomic E-state index is -0.214. The molecule has 0 bridgehead atoms. The lowest BCUT2D eigenvalue weighted by Crippen LogP contribution is -2.14. The predicted molar refractivity (Wildman–Crippen MR) is 151 cm³/mol. The van der Waals surface area contributed by atoms with E-state index in [9.17, 15) is 4.79 Å². The normalized spacial score (nSPS) is 9.89. The van der Waals surface area contributed by atoms with Gasteiger partial charge in [0, 0.05) is 30.8 Å². The molecule has 0 saturated carbocycles. The summed E-state index contributed by atoms with van der Waals surface area (Å²) in [6.07, 6.45) is 5.01. The molecule has 2 aromatic heterocycles. The molecule has 4 rings (SSSR count). The van der Waals surface area contributed by atoms with Gasteiger partial charge in [0.1, 0.15) is 0 Å². The Labute approximate surface area is 222 Å². The van der Waals surface area contributed by atoms with Crippen LogP contribution in [-0.2, 0) is 6.54 Å². The molecule has 194 valence electrons. The Hall–Kier alpha value is -4.10. The average molecular weight is 522 g/mol. The van der Waals surface area contributed by atoms with Crippen LogP contribution in [0.4, 0.5) is 0 Å². The first kappa shape index (κ1) is 29.1. The summed E-state index contributed by atoms with van der Waals surface area (Å²) in [5.41, 5.74) is 3.01. The van der Waals surface area contributed by atoms with Crippen LogP contribution >= 0.6 is 11.6 Å². The lowest BCUT2D eigenvalue weighted by atomic mass is 10.1. The van der Waals surface area contributed by atoms with Crippen molar-refractivity contribution in [1.82, 2.24) is 14.7 Å². The number of hydrogen-bond donors (Lipinski definition) is 0. The van der Waals surface area contributed by atoms with E-state index >= 15 is 0 Å². The largest absolute Gasteiger partial charge is 0.493 e. The van der Waals surface area contributed by atoms with Crippen molar-refractivity contribution < 1.29 is 14.0 Å². The van der Waals surface area contributed by atoms with Crippen molar-refractivity contribution in [3.8, 4) is 22.9 Å². The fourth-order valence-electron chi connectivity index (χ4n) is 3.20. The standard InChI is InChI=1S/C21H18ClN3O4.C4H8.C4H6/c1-12-23-21(24-29-12)16-11-25(10-13-4-6-14(22)7-5-13)17-9-19(28-3)18(27-2)8-15(17)20(16)26;1-4(2)3;1-3-4-2/h4-9,11H,10H2,1-3H3;1H2,2-3H3;3-4H,1-2H2. The molecular formula is C29H32ClN3O4. The summed E-state index contributed by atoms with van der Waals surface area (Å²) in [4.78, 5) is 17.4. The van der Waals surface area contributed by atoms with Gasteiger partial charge in [-0.3, -0.25) is 4.79 Å². The number of aryl methyl sites for hydroxylation is 1. The van der Waals surface area contributed by atoms with Gasteiger partial charge < -0.3 is 18.6 Å². The molecule has 7 nitrogen and oxygen atoms in total. The Kier molecular flexibility index (Phi) is 10.9. The molecule has 0 saturated heterocycles. The number of aromatic nitrogens is 3. The molecule has 0 atom stereocenters. The third kappa shape index (κ3) is 7.95. The van der Waals surface area contributed by atoms with Gasteiger partial charge in [-0.2, -0.15) is 4.98 Å². The van der Waals surface area contributed by atoms with Gasteiger partial charge in [-0.25, -0.2) is 0 Å². The van der Waals surface area contributed by atoms with Crippen LogP contribution in [0, 0.1) is 6.92 Å². The number of rotatable bonds is 6. The number of halogens is 1. The van der Waals surface area contributed by atoms with E-state index in [1.54, 1.807) is 44.5 Å².